The molecule has 0 atom stereocenters. The van der Waals surface area contributed by atoms with E-state index in [1.165, 1.54) is 6.08 Å². The van der Waals surface area contributed by atoms with Crippen LogP contribution in [0.2, 0.25) is 20.1 Å². The molecule has 2 aromatic rings. The molecule has 0 spiro atoms. The van der Waals surface area contributed by atoms with Gasteiger partial charge >= 0.3 is 0 Å². The van der Waals surface area contributed by atoms with Crippen molar-refractivity contribution in [2.45, 2.75) is 0 Å². The van der Waals surface area contributed by atoms with Crippen LogP contribution in [0.1, 0.15) is 5.56 Å². The Hall–Kier alpha value is -2.30. The van der Waals surface area contributed by atoms with E-state index in [0.717, 1.165) is 12.1 Å². The molecule has 0 saturated heterocycles. The fourth-order valence-corrected chi connectivity index (χ4v) is 2.98. The summed E-state index contributed by atoms with van der Waals surface area (Å²) in [5.74, 6) is -0.832. The number of non-ortho nitro benzene ring substituents is 1. The highest BCUT2D eigenvalue weighted by atomic mass is 35.5. The summed E-state index contributed by atoms with van der Waals surface area (Å²) in [5, 5.41) is 22.6. The zero-order valence-corrected chi connectivity index (χ0v) is 15.6. The van der Waals surface area contributed by atoms with Gasteiger partial charge in [-0.2, -0.15) is 5.26 Å². The van der Waals surface area contributed by atoms with Gasteiger partial charge in [0, 0.05) is 27.7 Å². The van der Waals surface area contributed by atoms with Crippen LogP contribution in [0.3, 0.4) is 0 Å². The number of nitro groups is 1. The van der Waals surface area contributed by atoms with Gasteiger partial charge in [0.15, 0.2) is 0 Å². The van der Waals surface area contributed by atoms with Crippen LogP contribution in [0.15, 0.2) is 35.9 Å². The summed E-state index contributed by atoms with van der Waals surface area (Å²) < 4.78 is 0. The van der Waals surface area contributed by atoms with Gasteiger partial charge in [-0.1, -0.05) is 52.5 Å². The van der Waals surface area contributed by atoms with E-state index in [9.17, 15) is 20.2 Å². The summed E-state index contributed by atoms with van der Waals surface area (Å²) in [6.07, 6.45) is 1.22. The Morgan fingerprint density at radius 1 is 1.12 bits per heavy atom. The van der Waals surface area contributed by atoms with E-state index in [2.05, 4.69) is 5.32 Å². The zero-order chi connectivity index (χ0) is 19.4. The summed E-state index contributed by atoms with van der Waals surface area (Å²) in [4.78, 5) is 22.5. The third kappa shape index (κ3) is 4.45. The number of nitrogens with zero attached hydrogens (tertiary/aromatic N) is 2. The van der Waals surface area contributed by atoms with Gasteiger partial charge in [-0.3, -0.25) is 14.9 Å². The molecule has 0 radical (unpaired) electrons. The molecule has 0 heterocycles. The number of hydrogen-bond donors (Lipinski definition) is 1. The Kier molecular flexibility index (Phi) is 6.46. The summed E-state index contributed by atoms with van der Waals surface area (Å²) >= 11 is 23.9. The molecule has 2 rings (SSSR count). The highest BCUT2D eigenvalue weighted by Gasteiger charge is 2.19. The first-order valence-electron chi connectivity index (χ1n) is 6.75. The molecule has 1 amide bonds. The maximum absolute atomic E-state index is 12.4. The SMILES string of the molecule is N#C/C(=C\c1c(Cl)cccc1Cl)C(=O)Nc1c(Cl)cc([N+](=O)[O-])cc1Cl. The minimum atomic E-state index is -0.832. The fourth-order valence-electron chi connectivity index (χ4n) is 1.91. The molecule has 26 heavy (non-hydrogen) atoms. The third-order valence-electron chi connectivity index (χ3n) is 3.13. The average Bonchev–Trinajstić information content (AvgIpc) is 2.57. The topological polar surface area (TPSA) is 96.0 Å². The van der Waals surface area contributed by atoms with Crippen LogP contribution in [0.5, 0.6) is 0 Å². The van der Waals surface area contributed by atoms with Gasteiger partial charge in [-0.05, 0) is 18.2 Å². The number of halogens is 4. The number of anilines is 1. The summed E-state index contributed by atoms with van der Waals surface area (Å²) in [5.41, 5.74) is -0.416. The van der Waals surface area contributed by atoms with Crippen molar-refractivity contribution in [3.05, 3.63) is 71.7 Å². The van der Waals surface area contributed by atoms with Crippen molar-refractivity contribution in [1.82, 2.24) is 0 Å². The Morgan fingerprint density at radius 3 is 2.12 bits per heavy atom. The zero-order valence-electron chi connectivity index (χ0n) is 12.6. The molecule has 132 valence electrons. The van der Waals surface area contributed by atoms with E-state index in [-0.39, 0.29) is 37.0 Å². The molecule has 0 saturated carbocycles. The average molecular weight is 431 g/mol. The molecule has 0 unspecified atom stereocenters. The third-order valence-corrected chi connectivity index (χ3v) is 4.39. The van der Waals surface area contributed by atoms with Crippen molar-refractivity contribution in [3.8, 4) is 6.07 Å². The lowest BCUT2D eigenvalue weighted by Gasteiger charge is -2.09. The van der Waals surface area contributed by atoms with E-state index >= 15 is 0 Å². The number of benzene rings is 2. The van der Waals surface area contributed by atoms with Crippen molar-refractivity contribution < 1.29 is 9.72 Å². The lowest BCUT2D eigenvalue weighted by Crippen LogP contribution is -2.14. The molecule has 0 aliphatic rings. The molecular formula is C16H7Cl4N3O3. The van der Waals surface area contributed by atoms with Crippen molar-refractivity contribution in [2.24, 2.45) is 0 Å². The first-order valence-corrected chi connectivity index (χ1v) is 8.26. The smallest absolute Gasteiger partial charge is 0.272 e. The van der Waals surface area contributed by atoms with Gasteiger partial charge in [0.2, 0.25) is 0 Å². The van der Waals surface area contributed by atoms with Crippen LogP contribution < -0.4 is 5.32 Å². The monoisotopic (exact) mass is 429 g/mol. The van der Waals surface area contributed by atoms with Crippen LogP contribution in [0.25, 0.3) is 6.08 Å². The minimum absolute atomic E-state index is 0.0599. The van der Waals surface area contributed by atoms with Crippen molar-refractivity contribution in [3.63, 3.8) is 0 Å². The van der Waals surface area contributed by atoms with Crippen LogP contribution >= 0.6 is 46.4 Å². The van der Waals surface area contributed by atoms with Crippen LogP contribution in [-0.4, -0.2) is 10.8 Å². The standard InChI is InChI=1S/C16H7Cl4N3O3/c17-11-2-1-3-12(18)10(11)4-8(7-21)16(24)22-15-13(19)5-9(23(25)26)6-14(15)20/h1-6H,(H,22,24)/b8-4+. The normalized spacial score (nSPS) is 11.0. The predicted octanol–water partition coefficient (Wildman–Crippen LogP) is 5.75. The summed E-state index contributed by atoms with van der Waals surface area (Å²) in [7, 11) is 0. The molecule has 0 aliphatic carbocycles. The number of hydrogen-bond acceptors (Lipinski definition) is 4. The first-order chi connectivity index (χ1) is 12.2. The number of carbonyl (C=O) groups is 1. The number of amides is 1. The molecule has 0 bridgehead atoms. The van der Waals surface area contributed by atoms with Crippen LogP contribution in [-0.2, 0) is 4.79 Å². The van der Waals surface area contributed by atoms with E-state index in [0.29, 0.717) is 5.56 Å². The van der Waals surface area contributed by atoms with Gasteiger partial charge in [0.05, 0.1) is 20.7 Å². The predicted molar refractivity (Wildman–Crippen MR) is 102 cm³/mol. The molecule has 2 aromatic carbocycles. The Morgan fingerprint density at radius 2 is 1.65 bits per heavy atom. The number of nitriles is 1. The molecular weight excluding hydrogens is 424 g/mol. The van der Waals surface area contributed by atoms with Crippen LogP contribution in [0.4, 0.5) is 11.4 Å². The second-order valence-corrected chi connectivity index (χ2v) is 6.43. The molecule has 0 aromatic heterocycles. The fraction of sp³-hybridized carbons (Fsp3) is 0. The van der Waals surface area contributed by atoms with E-state index < -0.39 is 10.8 Å². The van der Waals surface area contributed by atoms with Crippen LogP contribution in [0, 0.1) is 21.4 Å². The van der Waals surface area contributed by atoms with Gasteiger partial charge in [0.25, 0.3) is 11.6 Å². The number of carbonyl (C=O) groups excluding carboxylic acids is 1. The van der Waals surface area contributed by atoms with Gasteiger partial charge < -0.3 is 5.32 Å². The molecule has 10 heteroatoms. The highest BCUT2D eigenvalue weighted by molar-refractivity contribution is 6.40. The van der Waals surface area contributed by atoms with E-state index in [4.69, 9.17) is 46.4 Å². The molecule has 0 aliphatic heterocycles. The number of nitro benzene ring substituents is 1. The largest absolute Gasteiger partial charge is 0.319 e. The highest BCUT2D eigenvalue weighted by Crippen LogP contribution is 2.35. The van der Waals surface area contributed by atoms with E-state index in [1.807, 2.05) is 0 Å². The summed E-state index contributed by atoms with van der Waals surface area (Å²) in [6, 6.07) is 8.51. The van der Waals surface area contributed by atoms with Crippen molar-refractivity contribution >= 4 is 69.8 Å². The second-order valence-electron chi connectivity index (χ2n) is 4.80. The Labute approximate surface area is 167 Å². The second kappa shape index (κ2) is 8.39. The van der Waals surface area contributed by atoms with Gasteiger partial charge in [0.1, 0.15) is 11.6 Å². The maximum Gasteiger partial charge on any atom is 0.272 e. The van der Waals surface area contributed by atoms with Gasteiger partial charge in [-0.25, -0.2) is 0 Å². The Bertz CT molecular complexity index is 940. The molecule has 0 fully saturated rings. The minimum Gasteiger partial charge on any atom is -0.319 e. The summed E-state index contributed by atoms with van der Waals surface area (Å²) in [6.45, 7) is 0. The number of nitrogens with one attached hydrogen (secondary N) is 1. The maximum atomic E-state index is 12.4. The molecule has 6 nitrogen and oxygen atoms in total. The quantitative estimate of drug-likeness (QED) is 0.289. The lowest BCUT2D eigenvalue weighted by atomic mass is 10.1. The molecule has 1 N–H and O–H groups in total. The van der Waals surface area contributed by atoms with Crippen molar-refractivity contribution in [1.29, 1.82) is 5.26 Å². The van der Waals surface area contributed by atoms with E-state index in [1.54, 1.807) is 24.3 Å². The lowest BCUT2D eigenvalue weighted by molar-refractivity contribution is -0.384. The number of rotatable bonds is 4. The Balaban J connectivity index is 2.38. The first kappa shape index (κ1) is 20.0. The van der Waals surface area contributed by atoms with Gasteiger partial charge in [-0.15, -0.1) is 0 Å². The van der Waals surface area contributed by atoms with Crippen molar-refractivity contribution in [2.75, 3.05) is 5.32 Å².